The molecule has 0 aromatic heterocycles. The number of benzene rings is 2. The fraction of sp³-hybridized carbons (Fsp3) is 0.414. The first kappa shape index (κ1) is 27.0. The van der Waals surface area contributed by atoms with E-state index in [1.54, 1.807) is 0 Å². The summed E-state index contributed by atoms with van der Waals surface area (Å²) in [5.74, 6) is -0.0194. The zero-order chi connectivity index (χ0) is 25.8. The Morgan fingerprint density at radius 2 is 1.80 bits per heavy atom. The first-order chi connectivity index (χ1) is 16.5. The lowest BCUT2D eigenvalue weighted by Crippen LogP contribution is -2.61. The van der Waals surface area contributed by atoms with Crippen LogP contribution in [0, 0.1) is 11.7 Å². The first-order valence-corrected chi connectivity index (χ1v) is 12.7. The monoisotopic (exact) mass is 497 g/mol. The molecule has 4 nitrogen and oxygen atoms in total. The number of aryl methyl sites for hydroxylation is 1. The minimum Gasteiger partial charge on any atom is -0.348 e. The van der Waals surface area contributed by atoms with Crippen molar-refractivity contribution < 1.29 is 9.18 Å². The summed E-state index contributed by atoms with van der Waals surface area (Å²) in [5, 5.41) is 0.692. The SMILES string of the molecule is C=C1N(C=C(c2ccc(F)cc2)C(C)CC)CCN(C(=O)C(N)CCc2ccc(Cl)cc2)C1(C)C. The molecule has 2 unspecified atom stereocenters. The number of carbonyl (C=O) groups excluding carboxylic acids is 1. The van der Waals surface area contributed by atoms with Gasteiger partial charge in [-0.3, -0.25) is 4.79 Å². The van der Waals surface area contributed by atoms with Crippen molar-refractivity contribution in [1.82, 2.24) is 9.80 Å². The maximum Gasteiger partial charge on any atom is 0.240 e. The Balaban J connectivity index is 1.74. The predicted molar refractivity (Wildman–Crippen MR) is 143 cm³/mol. The molecule has 0 aliphatic carbocycles. The van der Waals surface area contributed by atoms with Crippen LogP contribution in [0.15, 0.2) is 67.0 Å². The van der Waals surface area contributed by atoms with Gasteiger partial charge in [0.05, 0.1) is 11.6 Å². The standard InChI is InChI=1S/C29H37ClFN3O/c1-6-20(2)26(23-10-14-25(31)15-11-23)19-33-17-18-34(29(4,5)21(33)3)28(35)27(32)16-9-22-7-12-24(30)13-8-22/h7-8,10-15,19-20,27H,3,6,9,16-18,32H2,1-2,4-5H3. The third kappa shape index (κ3) is 6.33. The topological polar surface area (TPSA) is 49.6 Å². The van der Waals surface area contributed by atoms with Crippen molar-refractivity contribution in [2.45, 2.75) is 58.5 Å². The maximum absolute atomic E-state index is 13.5. The second-order valence-electron chi connectivity index (χ2n) is 9.86. The normalized spacial score (nSPS) is 17.9. The molecule has 1 amide bonds. The number of carbonyl (C=O) groups is 1. The lowest BCUT2D eigenvalue weighted by atomic mass is 9.90. The highest BCUT2D eigenvalue weighted by molar-refractivity contribution is 6.30. The van der Waals surface area contributed by atoms with Gasteiger partial charge in [-0.1, -0.05) is 56.3 Å². The Bertz CT molecular complexity index is 1060. The molecule has 1 aliphatic heterocycles. The first-order valence-electron chi connectivity index (χ1n) is 12.3. The Kier molecular flexibility index (Phi) is 8.79. The van der Waals surface area contributed by atoms with Gasteiger partial charge in [0.15, 0.2) is 0 Å². The summed E-state index contributed by atoms with van der Waals surface area (Å²) in [5.41, 5.74) is 9.83. The van der Waals surface area contributed by atoms with E-state index in [1.807, 2.05) is 55.1 Å². The minimum absolute atomic E-state index is 0.0607. The summed E-state index contributed by atoms with van der Waals surface area (Å²) in [7, 11) is 0. The molecule has 1 fully saturated rings. The van der Waals surface area contributed by atoms with E-state index in [0.29, 0.717) is 31.0 Å². The van der Waals surface area contributed by atoms with E-state index in [0.717, 1.165) is 28.8 Å². The van der Waals surface area contributed by atoms with Gasteiger partial charge >= 0.3 is 0 Å². The van der Waals surface area contributed by atoms with Gasteiger partial charge in [-0.2, -0.15) is 0 Å². The van der Waals surface area contributed by atoms with Crippen LogP contribution < -0.4 is 5.73 Å². The van der Waals surface area contributed by atoms with Crippen LogP contribution in [0.4, 0.5) is 4.39 Å². The third-order valence-corrected chi connectivity index (χ3v) is 7.40. The molecule has 0 radical (unpaired) electrons. The highest BCUT2D eigenvalue weighted by atomic mass is 35.5. The van der Waals surface area contributed by atoms with Gasteiger partial charge in [-0.15, -0.1) is 0 Å². The Morgan fingerprint density at radius 1 is 1.17 bits per heavy atom. The molecule has 1 aliphatic rings. The molecule has 0 spiro atoms. The van der Waals surface area contributed by atoms with Gasteiger partial charge in [-0.05, 0) is 80.0 Å². The Labute approximate surface area is 214 Å². The summed E-state index contributed by atoms with van der Waals surface area (Å²) in [6.45, 7) is 13.9. The van der Waals surface area contributed by atoms with Crippen LogP contribution in [-0.4, -0.2) is 40.4 Å². The quantitative estimate of drug-likeness (QED) is 0.468. The van der Waals surface area contributed by atoms with Gasteiger partial charge in [0.25, 0.3) is 0 Å². The molecule has 0 saturated carbocycles. The Hall–Kier alpha value is -2.63. The summed E-state index contributed by atoms with van der Waals surface area (Å²) in [6, 6.07) is 13.7. The summed E-state index contributed by atoms with van der Waals surface area (Å²) in [4.78, 5) is 17.3. The van der Waals surface area contributed by atoms with Gasteiger partial charge in [0.1, 0.15) is 5.82 Å². The van der Waals surface area contributed by atoms with Crippen molar-refractivity contribution in [2.75, 3.05) is 13.1 Å². The summed E-state index contributed by atoms with van der Waals surface area (Å²) in [6.07, 6.45) is 4.35. The number of hydrogen-bond acceptors (Lipinski definition) is 3. The number of piperazine rings is 1. The molecular formula is C29H37ClFN3O. The van der Waals surface area contributed by atoms with Crippen molar-refractivity contribution >= 4 is 23.1 Å². The molecular weight excluding hydrogens is 461 g/mol. The van der Waals surface area contributed by atoms with Gasteiger partial charge < -0.3 is 15.5 Å². The number of rotatable bonds is 8. The van der Waals surface area contributed by atoms with Crippen LogP contribution >= 0.6 is 11.6 Å². The van der Waals surface area contributed by atoms with Crippen LogP contribution in [-0.2, 0) is 11.2 Å². The lowest BCUT2D eigenvalue weighted by Gasteiger charge is -2.49. The zero-order valence-corrected chi connectivity index (χ0v) is 22.0. The highest BCUT2D eigenvalue weighted by Gasteiger charge is 2.40. The minimum atomic E-state index is -0.590. The average Bonchev–Trinajstić information content (AvgIpc) is 2.84. The maximum atomic E-state index is 13.5. The second-order valence-corrected chi connectivity index (χ2v) is 10.3. The molecule has 2 atom stereocenters. The van der Waals surface area contributed by atoms with Crippen LogP contribution in [0.5, 0.6) is 0 Å². The molecule has 1 heterocycles. The van der Waals surface area contributed by atoms with E-state index < -0.39 is 11.6 Å². The molecule has 2 aromatic rings. The van der Waals surface area contributed by atoms with Crippen molar-refractivity contribution in [2.24, 2.45) is 11.7 Å². The van der Waals surface area contributed by atoms with Gasteiger partial charge in [-0.25, -0.2) is 4.39 Å². The predicted octanol–water partition coefficient (Wildman–Crippen LogP) is 6.26. The van der Waals surface area contributed by atoms with E-state index in [2.05, 4.69) is 31.5 Å². The number of nitrogens with zero attached hydrogens (tertiary/aromatic N) is 2. The smallest absolute Gasteiger partial charge is 0.240 e. The number of amides is 1. The molecule has 2 N–H and O–H groups in total. The van der Waals surface area contributed by atoms with Crippen molar-refractivity contribution in [3.63, 3.8) is 0 Å². The molecule has 1 saturated heterocycles. The number of hydrogen-bond donors (Lipinski definition) is 1. The molecule has 2 aromatic carbocycles. The van der Waals surface area contributed by atoms with Crippen LogP contribution in [0.3, 0.4) is 0 Å². The molecule has 6 heteroatoms. The largest absolute Gasteiger partial charge is 0.348 e. The summed E-state index contributed by atoms with van der Waals surface area (Å²) >= 11 is 5.96. The van der Waals surface area contributed by atoms with Crippen molar-refractivity contribution in [1.29, 1.82) is 0 Å². The van der Waals surface area contributed by atoms with E-state index in [-0.39, 0.29) is 17.6 Å². The van der Waals surface area contributed by atoms with Crippen LogP contribution in [0.25, 0.3) is 5.57 Å². The summed E-state index contributed by atoms with van der Waals surface area (Å²) < 4.78 is 13.5. The second kappa shape index (κ2) is 11.4. The van der Waals surface area contributed by atoms with Crippen molar-refractivity contribution in [3.8, 4) is 0 Å². The highest BCUT2D eigenvalue weighted by Crippen LogP contribution is 2.34. The number of halogens is 2. The average molecular weight is 498 g/mol. The fourth-order valence-electron chi connectivity index (χ4n) is 4.47. The van der Waals surface area contributed by atoms with E-state index in [4.69, 9.17) is 17.3 Å². The van der Waals surface area contributed by atoms with Gasteiger partial charge in [0.2, 0.25) is 5.91 Å². The zero-order valence-electron chi connectivity index (χ0n) is 21.2. The van der Waals surface area contributed by atoms with Crippen LogP contribution in [0.2, 0.25) is 5.02 Å². The molecule has 3 rings (SSSR count). The van der Waals surface area contributed by atoms with E-state index >= 15 is 0 Å². The fourth-order valence-corrected chi connectivity index (χ4v) is 4.60. The lowest BCUT2D eigenvalue weighted by molar-refractivity contribution is -0.139. The third-order valence-electron chi connectivity index (χ3n) is 7.15. The molecule has 35 heavy (non-hydrogen) atoms. The van der Waals surface area contributed by atoms with Gasteiger partial charge in [0, 0.05) is 30.0 Å². The molecule has 0 bridgehead atoms. The van der Waals surface area contributed by atoms with E-state index in [1.165, 1.54) is 12.1 Å². The molecule has 188 valence electrons. The Morgan fingerprint density at radius 3 is 2.40 bits per heavy atom. The number of nitrogens with two attached hydrogens (primary N) is 1. The van der Waals surface area contributed by atoms with Crippen molar-refractivity contribution in [3.05, 3.63) is 89.0 Å². The number of allylic oxidation sites excluding steroid dienone is 1. The van der Waals surface area contributed by atoms with E-state index in [9.17, 15) is 9.18 Å². The van der Waals surface area contributed by atoms with Crippen LogP contribution in [0.1, 0.15) is 51.7 Å².